The predicted molar refractivity (Wildman–Crippen MR) is 236 cm³/mol. The molecule has 0 aliphatic heterocycles. The fourth-order valence-corrected chi connectivity index (χ4v) is 8.91. The van der Waals surface area contributed by atoms with Gasteiger partial charge in [0.25, 0.3) is 0 Å². The monoisotopic (exact) mass is 748 g/mol. The summed E-state index contributed by atoms with van der Waals surface area (Å²) in [7, 11) is 0. The minimum atomic E-state index is 0.590. The third kappa shape index (κ3) is 5.91. The molecule has 0 N–H and O–H groups in total. The van der Waals surface area contributed by atoms with Crippen molar-refractivity contribution in [3.8, 4) is 45.3 Å². The first-order valence-corrected chi connectivity index (χ1v) is 19.7. The van der Waals surface area contributed by atoms with Gasteiger partial charge in [0.1, 0.15) is 11.2 Å². The summed E-state index contributed by atoms with van der Waals surface area (Å²) in [4.78, 5) is 17.2. The number of hydrogen-bond donors (Lipinski definition) is 0. The molecule has 0 amide bonds. The minimum Gasteiger partial charge on any atom is -0.456 e. The molecule has 6 heteroatoms. The highest BCUT2D eigenvalue weighted by Crippen LogP contribution is 2.46. The number of furan rings is 1. The van der Waals surface area contributed by atoms with Crippen molar-refractivity contribution in [2.75, 3.05) is 4.90 Å². The van der Waals surface area contributed by atoms with E-state index in [-0.39, 0.29) is 0 Å². The van der Waals surface area contributed by atoms with Gasteiger partial charge in [0, 0.05) is 65.1 Å². The number of fused-ring (bicyclic) bond motifs is 6. The molecule has 0 saturated carbocycles. The Hall–Kier alpha value is -7.41. The Morgan fingerprint density at radius 3 is 1.56 bits per heavy atom. The van der Waals surface area contributed by atoms with Crippen LogP contribution in [0, 0.1) is 0 Å². The normalized spacial score (nSPS) is 11.5. The van der Waals surface area contributed by atoms with E-state index in [1.807, 2.05) is 78.1 Å². The van der Waals surface area contributed by atoms with E-state index in [0.717, 1.165) is 55.7 Å². The number of benzene rings is 8. The van der Waals surface area contributed by atoms with E-state index in [1.165, 1.54) is 31.3 Å². The van der Waals surface area contributed by atoms with Crippen LogP contribution in [0.25, 0.3) is 87.4 Å². The molecule has 8 aromatic carbocycles. The summed E-state index contributed by atoms with van der Waals surface area (Å²) in [6, 6.07) is 67.5. The second-order valence-corrected chi connectivity index (χ2v) is 15.1. The number of nitrogens with zero attached hydrogens (tertiary/aromatic N) is 4. The molecule has 0 unspecified atom stereocenters. The van der Waals surface area contributed by atoms with Gasteiger partial charge in [-0.3, -0.25) is 0 Å². The van der Waals surface area contributed by atoms with Crippen molar-refractivity contribution < 1.29 is 4.42 Å². The van der Waals surface area contributed by atoms with Crippen molar-refractivity contribution in [2.24, 2.45) is 0 Å². The molecule has 3 heterocycles. The molecule has 268 valence electrons. The Morgan fingerprint density at radius 1 is 0.368 bits per heavy atom. The molecule has 11 rings (SSSR count). The van der Waals surface area contributed by atoms with Crippen LogP contribution in [0.2, 0.25) is 0 Å². The molecular weight excluding hydrogens is 717 g/mol. The highest BCUT2D eigenvalue weighted by Gasteiger charge is 2.21. The van der Waals surface area contributed by atoms with Crippen LogP contribution in [0.3, 0.4) is 0 Å². The van der Waals surface area contributed by atoms with Crippen LogP contribution in [-0.4, -0.2) is 15.0 Å². The van der Waals surface area contributed by atoms with E-state index in [9.17, 15) is 0 Å². The Bertz CT molecular complexity index is 3170. The maximum absolute atomic E-state index is 6.73. The number of thiophene rings is 1. The number of rotatable bonds is 7. The Balaban J connectivity index is 1.05. The van der Waals surface area contributed by atoms with E-state index in [1.54, 1.807) is 0 Å². The number of aromatic nitrogens is 3. The molecule has 5 nitrogen and oxygen atoms in total. The van der Waals surface area contributed by atoms with Crippen molar-refractivity contribution in [2.45, 2.75) is 0 Å². The van der Waals surface area contributed by atoms with Gasteiger partial charge in [0.05, 0.1) is 5.69 Å². The van der Waals surface area contributed by atoms with Gasteiger partial charge in [-0.25, -0.2) is 15.0 Å². The molecular formula is C51H32N4OS. The zero-order chi connectivity index (χ0) is 37.7. The molecule has 57 heavy (non-hydrogen) atoms. The van der Waals surface area contributed by atoms with Gasteiger partial charge in [-0.05, 0) is 65.7 Å². The number of hydrogen-bond acceptors (Lipinski definition) is 6. The summed E-state index contributed by atoms with van der Waals surface area (Å²) in [5, 5.41) is 4.57. The first-order valence-electron chi connectivity index (χ1n) is 18.9. The third-order valence-corrected chi connectivity index (χ3v) is 11.7. The average Bonchev–Trinajstić information content (AvgIpc) is 3.86. The van der Waals surface area contributed by atoms with Gasteiger partial charge in [-0.15, -0.1) is 11.3 Å². The second-order valence-electron chi connectivity index (χ2n) is 14.0. The van der Waals surface area contributed by atoms with Crippen molar-refractivity contribution in [3.05, 3.63) is 194 Å². The van der Waals surface area contributed by atoms with Crippen LogP contribution in [0.4, 0.5) is 17.1 Å². The summed E-state index contributed by atoms with van der Waals surface area (Å²) < 4.78 is 9.25. The maximum Gasteiger partial charge on any atom is 0.164 e. The molecule has 0 atom stereocenters. The lowest BCUT2D eigenvalue weighted by Gasteiger charge is -2.26. The predicted octanol–water partition coefficient (Wildman–Crippen LogP) is 14.3. The Labute approximate surface area is 332 Å². The minimum absolute atomic E-state index is 0.590. The van der Waals surface area contributed by atoms with E-state index in [2.05, 4.69) is 132 Å². The van der Waals surface area contributed by atoms with Crippen molar-refractivity contribution >= 4 is 70.5 Å². The van der Waals surface area contributed by atoms with E-state index in [4.69, 9.17) is 19.4 Å². The van der Waals surface area contributed by atoms with E-state index >= 15 is 0 Å². The number of anilines is 3. The SMILES string of the molecule is c1ccc(-c2ccc(N(c3ccc4c(c3)oc3cc(-c5nc(-c6ccccc6)nc(-c6ccccc6)n5)ccc34)c3cccc4sc5ccccc5c34)cc2)cc1. The summed E-state index contributed by atoms with van der Waals surface area (Å²) in [6.45, 7) is 0. The first-order chi connectivity index (χ1) is 28.2. The average molecular weight is 749 g/mol. The summed E-state index contributed by atoms with van der Waals surface area (Å²) in [5.41, 5.74) is 9.85. The first kappa shape index (κ1) is 33.0. The third-order valence-electron chi connectivity index (χ3n) is 10.5. The standard InChI is InChI=1S/C51H32N4OS/c1-4-13-33(14-5-1)34-23-26-38(27-24-34)55(43-20-12-22-47-48(43)42-19-10-11-21-46(42)57-47)39-28-30-41-40-29-25-37(31-44(40)56-45(41)32-39)51-53-49(35-15-6-2-7-16-35)52-50(54-51)36-17-8-3-9-18-36/h1-32H. The summed E-state index contributed by atoms with van der Waals surface area (Å²) in [6.07, 6.45) is 0. The summed E-state index contributed by atoms with van der Waals surface area (Å²) in [5.74, 6) is 1.84. The fraction of sp³-hybridized carbons (Fsp3) is 0. The van der Waals surface area contributed by atoms with Crippen LogP contribution < -0.4 is 4.90 Å². The molecule has 0 saturated heterocycles. The van der Waals surface area contributed by atoms with Gasteiger partial charge in [0.2, 0.25) is 0 Å². The lowest BCUT2D eigenvalue weighted by Crippen LogP contribution is -2.10. The molecule has 0 fully saturated rings. The van der Waals surface area contributed by atoms with Gasteiger partial charge in [-0.2, -0.15) is 0 Å². The van der Waals surface area contributed by atoms with Crippen LogP contribution >= 0.6 is 11.3 Å². The van der Waals surface area contributed by atoms with Crippen LogP contribution in [0.5, 0.6) is 0 Å². The van der Waals surface area contributed by atoms with Crippen molar-refractivity contribution in [1.82, 2.24) is 15.0 Å². The van der Waals surface area contributed by atoms with E-state index in [0.29, 0.717) is 17.5 Å². The highest BCUT2D eigenvalue weighted by molar-refractivity contribution is 7.26. The van der Waals surface area contributed by atoms with Crippen LogP contribution in [0.15, 0.2) is 199 Å². The largest absolute Gasteiger partial charge is 0.456 e. The topological polar surface area (TPSA) is 55.1 Å². The lowest BCUT2D eigenvalue weighted by atomic mass is 10.0. The zero-order valence-electron chi connectivity index (χ0n) is 30.6. The van der Waals surface area contributed by atoms with Crippen molar-refractivity contribution in [1.29, 1.82) is 0 Å². The van der Waals surface area contributed by atoms with Gasteiger partial charge < -0.3 is 9.32 Å². The fourth-order valence-electron chi connectivity index (χ4n) is 7.78. The molecule has 0 radical (unpaired) electrons. The van der Waals surface area contributed by atoms with Gasteiger partial charge in [0.15, 0.2) is 17.5 Å². The second kappa shape index (κ2) is 13.7. The Morgan fingerprint density at radius 2 is 0.877 bits per heavy atom. The van der Waals surface area contributed by atoms with E-state index < -0.39 is 0 Å². The smallest absolute Gasteiger partial charge is 0.164 e. The lowest BCUT2D eigenvalue weighted by molar-refractivity contribution is 0.669. The Kier molecular flexibility index (Phi) is 7.93. The summed E-state index contributed by atoms with van der Waals surface area (Å²) >= 11 is 1.83. The van der Waals surface area contributed by atoms with Crippen LogP contribution in [0.1, 0.15) is 0 Å². The van der Waals surface area contributed by atoms with Crippen LogP contribution in [-0.2, 0) is 0 Å². The van der Waals surface area contributed by atoms with Gasteiger partial charge in [-0.1, -0.05) is 133 Å². The molecule has 0 spiro atoms. The van der Waals surface area contributed by atoms with Gasteiger partial charge >= 0.3 is 0 Å². The molecule has 0 aliphatic carbocycles. The molecule has 0 aliphatic rings. The molecule has 3 aromatic heterocycles. The quantitative estimate of drug-likeness (QED) is 0.162. The van der Waals surface area contributed by atoms with Crippen molar-refractivity contribution in [3.63, 3.8) is 0 Å². The molecule has 0 bridgehead atoms. The maximum atomic E-state index is 6.73. The zero-order valence-corrected chi connectivity index (χ0v) is 31.4. The highest BCUT2D eigenvalue weighted by atomic mass is 32.1. The molecule has 11 aromatic rings.